The van der Waals surface area contributed by atoms with Crippen molar-refractivity contribution in [2.24, 2.45) is 0 Å². The van der Waals surface area contributed by atoms with Gasteiger partial charge < -0.3 is 14.2 Å². The Hall–Kier alpha value is -2.81. The maximum Gasteiger partial charge on any atom is 0.276 e. The highest BCUT2D eigenvalue weighted by Crippen LogP contribution is 2.20. The second-order valence-electron chi connectivity index (χ2n) is 4.91. The number of ether oxygens (including phenoxy) is 1. The average molecular weight is 283 g/mol. The van der Waals surface area contributed by atoms with Gasteiger partial charge in [0, 0.05) is 6.07 Å². The molecule has 3 rings (SSSR count). The summed E-state index contributed by atoms with van der Waals surface area (Å²) in [6.07, 6.45) is -0.0325. The molecule has 21 heavy (non-hydrogen) atoms. The van der Waals surface area contributed by atoms with Gasteiger partial charge in [-0.15, -0.1) is 0 Å². The molecule has 2 aromatic rings. The van der Waals surface area contributed by atoms with Gasteiger partial charge in [-0.05, 0) is 31.2 Å². The first kappa shape index (κ1) is 13.2. The van der Waals surface area contributed by atoms with E-state index in [9.17, 15) is 4.79 Å². The summed E-state index contributed by atoms with van der Waals surface area (Å²) in [6, 6.07) is 10.6. The fourth-order valence-electron chi connectivity index (χ4n) is 2.11. The lowest BCUT2D eigenvalue weighted by Crippen LogP contribution is -2.56. The first-order valence-corrected chi connectivity index (χ1v) is 6.55. The lowest BCUT2D eigenvalue weighted by atomic mass is 10.1. The van der Waals surface area contributed by atoms with Crippen molar-refractivity contribution < 1.29 is 14.1 Å². The number of hydrogen-bond donors (Lipinski definition) is 0. The molecule has 0 bridgehead atoms. The predicted octanol–water partition coefficient (Wildman–Crippen LogP) is 1.76. The standard InChI is InChI=1S/C15H13N3O3/c1-10-6-14(17-21-10)15(19)18-8-13(9-18)20-12-4-2-11(7-16)3-5-12/h2-6,13H,8-9H2,1H3. The molecule has 6 nitrogen and oxygen atoms in total. The number of likely N-dealkylation sites (tertiary alicyclic amines) is 1. The number of hydrogen-bond acceptors (Lipinski definition) is 5. The molecule has 1 aromatic carbocycles. The van der Waals surface area contributed by atoms with Crippen LogP contribution in [0.5, 0.6) is 5.75 Å². The van der Waals surface area contributed by atoms with Gasteiger partial charge in [0.05, 0.1) is 24.7 Å². The van der Waals surface area contributed by atoms with Crippen molar-refractivity contribution in [2.75, 3.05) is 13.1 Å². The van der Waals surface area contributed by atoms with Crippen LogP contribution in [0.15, 0.2) is 34.9 Å². The number of nitrogens with zero attached hydrogens (tertiary/aromatic N) is 3. The molecule has 0 unspecified atom stereocenters. The van der Waals surface area contributed by atoms with Crippen LogP contribution in [0.25, 0.3) is 0 Å². The Morgan fingerprint density at radius 2 is 2.14 bits per heavy atom. The van der Waals surface area contributed by atoms with Crippen LogP contribution < -0.4 is 4.74 Å². The van der Waals surface area contributed by atoms with Crippen molar-refractivity contribution in [3.63, 3.8) is 0 Å². The summed E-state index contributed by atoms with van der Waals surface area (Å²) in [7, 11) is 0. The van der Waals surface area contributed by atoms with Gasteiger partial charge >= 0.3 is 0 Å². The van der Waals surface area contributed by atoms with Crippen LogP contribution in [0.1, 0.15) is 21.8 Å². The molecule has 0 spiro atoms. The maximum atomic E-state index is 12.0. The van der Waals surface area contributed by atoms with E-state index in [1.54, 1.807) is 42.2 Å². The van der Waals surface area contributed by atoms with Crippen LogP contribution in [0.4, 0.5) is 0 Å². The van der Waals surface area contributed by atoms with Crippen LogP contribution in [0.3, 0.4) is 0 Å². The first-order chi connectivity index (χ1) is 10.2. The molecule has 1 aliphatic rings. The summed E-state index contributed by atoms with van der Waals surface area (Å²) in [4.78, 5) is 13.7. The highest BCUT2D eigenvalue weighted by atomic mass is 16.5. The van der Waals surface area contributed by atoms with E-state index in [4.69, 9.17) is 14.5 Å². The molecular weight excluding hydrogens is 270 g/mol. The molecule has 1 aliphatic heterocycles. The number of rotatable bonds is 3. The Balaban J connectivity index is 1.53. The number of nitriles is 1. The van der Waals surface area contributed by atoms with Crippen molar-refractivity contribution in [3.05, 3.63) is 47.3 Å². The minimum absolute atomic E-state index is 0.0325. The van der Waals surface area contributed by atoms with Gasteiger partial charge in [0.25, 0.3) is 5.91 Å². The molecule has 1 amide bonds. The number of carbonyl (C=O) groups excluding carboxylic acids is 1. The molecule has 0 atom stereocenters. The van der Waals surface area contributed by atoms with Crippen LogP contribution in [-0.4, -0.2) is 35.2 Å². The molecule has 0 aliphatic carbocycles. The number of aryl methyl sites for hydroxylation is 1. The van der Waals surface area contributed by atoms with Gasteiger partial charge in [-0.3, -0.25) is 4.79 Å². The second-order valence-corrected chi connectivity index (χ2v) is 4.91. The third kappa shape index (κ3) is 2.72. The summed E-state index contributed by atoms with van der Waals surface area (Å²) in [5.41, 5.74) is 0.915. The number of benzene rings is 1. The molecule has 1 saturated heterocycles. The number of aromatic nitrogens is 1. The summed E-state index contributed by atoms with van der Waals surface area (Å²) < 4.78 is 10.6. The fourth-order valence-corrected chi connectivity index (χ4v) is 2.11. The first-order valence-electron chi connectivity index (χ1n) is 6.55. The van der Waals surface area contributed by atoms with E-state index < -0.39 is 0 Å². The van der Waals surface area contributed by atoms with Gasteiger partial charge in [0.15, 0.2) is 5.69 Å². The fraction of sp³-hybridized carbons (Fsp3) is 0.267. The largest absolute Gasteiger partial charge is 0.487 e. The molecule has 0 N–H and O–H groups in total. The van der Waals surface area contributed by atoms with E-state index in [2.05, 4.69) is 11.2 Å². The number of carbonyl (C=O) groups is 1. The van der Waals surface area contributed by atoms with E-state index >= 15 is 0 Å². The van der Waals surface area contributed by atoms with Gasteiger partial charge in [-0.25, -0.2) is 0 Å². The summed E-state index contributed by atoms with van der Waals surface area (Å²) in [5.74, 6) is 1.17. The minimum Gasteiger partial charge on any atom is -0.487 e. The maximum absolute atomic E-state index is 12.0. The van der Waals surface area contributed by atoms with Crippen LogP contribution in [0, 0.1) is 18.3 Å². The quantitative estimate of drug-likeness (QED) is 0.857. The van der Waals surface area contributed by atoms with Crippen LogP contribution in [0.2, 0.25) is 0 Å². The average Bonchev–Trinajstić information content (AvgIpc) is 2.89. The molecule has 0 radical (unpaired) electrons. The number of amides is 1. The third-order valence-corrected chi connectivity index (χ3v) is 3.27. The van der Waals surface area contributed by atoms with E-state index in [-0.39, 0.29) is 12.0 Å². The normalized spacial score (nSPS) is 14.4. The highest BCUT2D eigenvalue weighted by molar-refractivity contribution is 5.92. The zero-order valence-electron chi connectivity index (χ0n) is 11.4. The van der Waals surface area contributed by atoms with E-state index in [0.29, 0.717) is 35.9 Å². The van der Waals surface area contributed by atoms with Crippen LogP contribution >= 0.6 is 0 Å². The third-order valence-electron chi connectivity index (χ3n) is 3.27. The van der Waals surface area contributed by atoms with Crippen molar-refractivity contribution in [1.29, 1.82) is 5.26 Å². The van der Waals surface area contributed by atoms with Crippen LogP contribution in [-0.2, 0) is 0 Å². The summed E-state index contributed by atoms with van der Waals surface area (Å²) >= 11 is 0. The predicted molar refractivity (Wildman–Crippen MR) is 72.7 cm³/mol. The zero-order chi connectivity index (χ0) is 14.8. The Labute approximate surface area is 121 Å². The highest BCUT2D eigenvalue weighted by Gasteiger charge is 2.34. The molecule has 106 valence electrons. The van der Waals surface area contributed by atoms with Gasteiger partial charge in [-0.2, -0.15) is 5.26 Å². The molecule has 2 heterocycles. The van der Waals surface area contributed by atoms with Gasteiger partial charge in [-0.1, -0.05) is 5.16 Å². The summed E-state index contributed by atoms with van der Waals surface area (Å²) in [5, 5.41) is 12.4. The SMILES string of the molecule is Cc1cc(C(=O)N2CC(Oc3ccc(C#N)cc3)C2)no1. The molecule has 1 fully saturated rings. The smallest absolute Gasteiger partial charge is 0.276 e. The van der Waals surface area contributed by atoms with E-state index in [0.717, 1.165) is 0 Å². The lowest BCUT2D eigenvalue weighted by molar-refractivity contribution is 0.0170. The van der Waals surface area contributed by atoms with Crippen molar-refractivity contribution in [1.82, 2.24) is 10.1 Å². The Kier molecular flexibility index (Phi) is 3.32. The molecular formula is C15H13N3O3. The molecule has 0 saturated carbocycles. The van der Waals surface area contributed by atoms with Crippen molar-refractivity contribution >= 4 is 5.91 Å². The molecule has 6 heteroatoms. The second kappa shape index (κ2) is 5.29. The van der Waals surface area contributed by atoms with Crippen molar-refractivity contribution in [2.45, 2.75) is 13.0 Å². The minimum atomic E-state index is -0.147. The Bertz CT molecular complexity index is 694. The van der Waals surface area contributed by atoms with Crippen molar-refractivity contribution in [3.8, 4) is 11.8 Å². The van der Waals surface area contributed by atoms with E-state index in [1.165, 1.54) is 0 Å². The Morgan fingerprint density at radius 3 is 2.71 bits per heavy atom. The van der Waals surface area contributed by atoms with E-state index in [1.807, 2.05) is 0 Å². The van der Waals surface area contributed by atoms with Gasteiger partial charge in [0.2, 0.25) is 0 Å². The monoisotopic (exact) mass is 283 g/mol. The zero-order valence-corrected chi connectivity index (χ0v) is 11.4. The summed E-state index contributed by atoms with van der Waals surface area (Å²) in [6.45, 7) is 2.78. The Morgan fingerprint density at radius 1 is 1.43 bits per heavy atom. The molecule has 1 aromatic heterocycles. The lowest BCUT2D eigenvalue weighted by Gasteiger charge is -2.38. The topological polar surface area (TPSA) is 79.4 Å². The van der Waals surface area contributed by atoms with Gasteiger partial charge in [0.1, 0.15) is 17.6 Å².